The summed E-state index contributed by atoms with van der Waals surface area (Å²) in [5.74, 6) is 13.4. The largest absolute Gasteiger partial charge is 0.501 e. The van der Waals surface area contributed by atoms with Crippen LogP contribution in [-0.4, -0.2) is 98.1 Å². The maximum atomic E-state index is 12.5. The molecule has 13 nitrogen and oxygen atoms in total. The minimum atomic E-state index is -0.944. The van der Waals surface area contributed by atoms with Crippen molar-refractivity contribution < 1.29 is 62.5 Å². The SMILES string of the molecule is C#C[C@]1(O)CCC2C3CC=C4C=C(OC)CC[C@]4(C)C3=CC[C@@]21C.C=C[C@]1(O)CCC2C3CC=C4C=C(OC)CC[C@]4(C)C3=CC[C@@]21C.COC1=CC2=CCC3C(=CC[C@@]4(C)C3CC[C@@]43CC(C(C)=O)C(=O)O3)[C@@]2(C)CC1.COC1=CC2=CCC3C(=CC[C@@]4(C)C3CC[C@@]43CCC(=O)O3)[C@@]2(C)CC1.COC1=CC2=CCC3C(=CC[C@@]4(C)C3CC[C@@]43CO3)[C@@]2(C)CC1. The fraction of sp³-hybridized carbons (Fsp3) is 0.673. The second kappa shape index (κ2) is 30.7. The zero-order valence-corrected chi connectivity index (χ0v) is 79.3. The average molecular weight is 1710 g/mol. The summed E-state index contributed by atoms with van der Waals surface area (Å²) in [6.07, 6.45) is 77.8. The van der Waals surface area contributed by atoms with Crippen LogP contribution in [0.25, 0.3) is 0 Å². The molecule has 126 heavy (non-hydrogen) atoms. The lowest BCUT2D eigenvalue weighted by Gasteiger charge is -2.53. The van der Waals surface area contributed by atoms with Crippen molar-refractivity contribution in [3.8, 4) is 12.3 Å². The number of carbonyl (C=O) groups excluding carboxylic acids is 3. The molecule has 13 heteroatoms. The summed E-state index contributed by atoms with van der Waals surface area (Å²) in [5, 5.41) is 22.1. The maximum absolute atomic E-state index is 12.5. The first kappa shape index (κ1) is 88.2. The van der Waals surface area contributed by atoms with Crippen LogP contribution in [0.1, 0.15) is 288 Å². The van der Waals surface area contributed by atoms with Gasteiger partial charge in [-0.15, -0.1) is 13.0 Å². The van der Waals surface area contributed by atoms with Crippen LogP contribution in [0.3, 0.4) is 0 Å². The first-order valence-electron chi connectivity index (χ1n) is 49.4. The molecule has 3 spiro atoms. The molecule has 20 aliphatic carbocycles. The molecule has 2 N–H and O–H groups in total. The fourth-order valence-electron chi connectivity index (χ4n) is 33.1. The number of fused-ring (bicyclic) bond motifs is 28. The van der Waals surface area contributed by atoms with Crippen molar-refractivity contribution in [2.75, 3.05) is 42.2 Å². The number of hydrogen-bond donors (Lipinski definition) is 2. The van der Waals surface area contributed by atoms with E-state index in [4.69, 9.17) is 44.3 Å². The van der Waals surface area contributed by atoms with Crippen LogP contribution in [-0.2, 0) is 52.3 Å². The topological polar surface area (TPSA) is 169 Å². The minimum Gasteiger partial charge on any atom is -0.501 e. The second-order valence-electron chi connectivity index (χ2n) is 46.0. The zero-order chi connectivity index (χ0) is 89.0. The normalized spacial score (nSPS) is 47.0. The maximum Gasteiger partial charge on any atom is 0.317 e. The number of carbonyl (C=O) groups is 3. The van der Waals surface area contributed by atoms with E-state index in [1.165, 1.54) is 73.3 Å². The van der Waals surface area contributed by atoms with E-state index in [9.17, 15) is 24.6 Å². The Labute approximate surface area is 753 Å². The Bertz CT molecular complexity index is 5110. The molecular formula is C113H148O13. The number of methoxy groups -OCH3 is 5. The highest BCUT2D eigenvalue weighted by Gasteiger charge is 2.72. The Morgan fingerprint density at radius 2 is 0.706 bits per heavy atom. The number of aliphatic hydroxyl groups is 2. The Balaban J connectivity index is 0.000000103. The van der Waals surface area contributed by atoms with Gasteiger partial charge in [0, 0.05) is 99.1 Å². The standard InChI is InChI=1S/C25H32O4.C23H30O3.C22H30O2.C22H28O2.C21H28O2/c1-15(26)19-14-25(29-22(19)27)12-9-21-18-6-5-16-13-17(28-4)7-10-23(16,2)20(18)8-11-24(21,25)3;1-21-10-6-16(25-3)14-15(21)4-5-17-18(21)7-11-22(2)19(17)8-12-23(22)13-9-20(24)26-23;2*1-5-22(23)13-10-19-17-7-6-15-14-16(24-4)8-11-20(15,2)18(17)9-12-21(19,22)3;1-19-9-6-15(22-3)12-14(19)4-5-16-17(19)7-10-20(2)18(16)8-11-21(20)13-23-21/h5,8,13,18-19,21H,6-7,9-12,14H2,1-4H3;4,7,14,17,19H,5-6,8-13H2,1-3H3;5-6,9,14,17,19,23H,1,7-8,10-13H2,2-4H3;1,6,9,14,17,19,23H,7-8,10-13H2,2-4H3;4,7,12,16,18H,5-6,8-11,13H2,1-3H3/t18?,19?,21?,23-,24-,25+;17?,19?,21-,22-,23+;2*17?,19?,20-,21-,22-;16?,18?,19-,20-,21+/m00000/s1. The van der Waals surface area contributed by atoms with Crippen molar-refractivity contribution in [2.45, 2.75) is 316 Å². The molecule has 3 aliphatic heterocycles. The van der Waals surface area contributed by atoms with Crippen molar-refractivity contribution in [2.24, 2.45) is 119 Å². The van der Waals surface area contributed by atoms with E-state index in [0.29, 0.717) is 65.6 Å². The van der Waals surface area contributed by atoms with E-state index < -0.39 is 22.7 Å². The van der Waals surface area contributed by atoms with Gasteiger partial charge in [0.25, 0.3) is 0 Å². The van der Waals surface area contributed by atoms with Crippen molar-refractivity contribution >= 4 is 17.7 Å². The summed E-state index contributed by atoms with van der Waals surface area (Å²) in [5.41, 5.74) is 14.3. The first-order chi connectivity index (χ1) is 59.9. The number of hydrogen-bond acceptors (Lipinski definition) is 13. The molecule has 11 unspecified atom stereocenters. The van der Waals surface area contributed by atoms with Gasteiger partial charge in [0.05, 0.1) is 82.2 Å². The van der Waals surface area contributed by atoms with Gasteiger partial charge < -0.3 is 48.1 Å². The molecule has 23 rings (SSSR count). The molecule has 3 heterocycles. The molecule has 0 radical (unpaired) electrons. The number of rotatable bonds is 7. The third kappa shape index (κ3) is 12.6. The molecule has 5 saturated carbocycles. The lowest BCUT2D eigenvalue weighted by atomic mass is 9.51. The number of ketones is 1. The molecule has 0 aromatic rings. The summed E-state index contributed by atoms with van der Waals surface area (Å²) < 4.78 is 45.7. The molecule has 26 atom stereocenters. The van der Waals surface area contributed by atoms with Gasteiger partial charge >= 0.3 is 11.9 Å². The van der Waals surface area contributed by atoms with E-state index in [-0.39, 0.29) is 77.7 Å². The molecule has 678 valence electrons. The number of epoxide rings is 1. The van der Waals surface area contributed by atoms with Gasteiger partial charge in [-0.25, -0.2) is 0 Å². The molecular weight excluding hydrogens is 1570 g/mol. The number of ether oxygens (including phenoxy) is 8. The van der Waals surface area contributed by atoms with E-state index >= 15 is 0 Å². The van der Waals surface area contributed by atoms with Crippen LogP contribution in [0.2, 0.25) is 0 Å². The van der Waals surface area contributed by atoms with Gasteiger partial charge in [0.1, 0.15) is 28.5 Å². The lowest BCUT2D eigenvalue weighted by Crippen LogP contribution is -2.50. The van der Waals surface area contributed by atoms with E-state index in [1.807, 2.05) is 6.08 Å². The van der Waals surface area contributed by atoms with Crippen molar-refractivity contribution in [1.29, 1.82) is 0 Å². The first-order valence-corrected chi connectivity index (χ1v) is 49.4. The second-order valence-corrected chi connectivity index (χ2v) is 46.0. The minimum absolute atomic E-state index is 0.0175. The van der Waals surface area contributed by atoms with E-state index in [0.717, 1.165) is 208 Å². The third-order valence-electron chi connectivity index (χ3n) is 41.8. The zero-order valence-electron chi connectivity index (χ0n) is 79.3. The smallest absolute Gasteiger partial charge is 0.317 e. The quantitative estimate of drug-likeness (QED) is 0.0813. The molecule has 0 amide bonds. The predicted molar refractivity (Wildman–Crippen MR) is 494 cm³/mol. The van der Waals surface area contributed by atoms with E-state index in [1.54, 1.807) is 63.4 Å². The molecule has 0 bridgehead atoms. The summed E-state index contributed by atoms with van der Waals surface area (Å²) in [7, 11) is 8.90. The summed E-state index contributed by atoms with van der Waals surface area (Å²) in [4.78, 5) is 36.4. The van der Waals surface area contributed by atoms with Gasteiger partial charge in [-0.1, -0.05) is 170 Å². The van der Waals surface area contributed by atoms with Crippen LogP contribution in [0.4, 0.5) is 0 Å². The number of allylic oxidation sites excluding steroid dienone is 30. The third-order valence-corrected chi connectivity index (χ3v) is 41.8. The Hall–Kier alpha value is -7.11. The molecule has 0 aromatic heterocycles. The lowest BCUT2D eigenvalue weighted by molar-refractivity contribution is -0.162. The number of esters is 2. The van der Waals surface area contributed by atoms with Gasteiger partial charge in [0.15, 0.2) is 0 Å². The van der Waals surface area contributed by atoms with Gasteiger partial charge in [-0.2, -0.15) is 0 Å². The van der Waals surface area contributed by atoms with Gasteiger partial charge in [-0.05, 0) is 291 Å². The van der Waals surface area contributed by atoms with E-state index in [2.05, 4.69) is 173 Å². The fourth-order valence-corrected chi connectivity index (χ4v) is 33.1. The highest BCUT2D eigenvalue weighted by Crippen LogP contribution is 2.74. The highest BCUT2D eigenvalue weighted by atomic mass is 16.6. The summed E-state index contributed by atoms with van der Waals surface area (Å²) in [6, 6.07) is 0. The summed E-state index contributed by atoms with van der Waals surface area (Å²) in [6.45, 7) is 30.3. The monoisotopic (exact) mass is 1710 g/mol. The summed E-state index contributed by atoms with van der Waals surface area (Å²) >= 11 is 0. The van der Waals surface area contributed by atoms with Crippen LogP contribution in [0.5, 0.6) is 0 Å². The molecule has 3 saturated heterocycles. The van der Waals surface area contributed by atoms with Crippen molar-refractivity contribution in [3.63, 3.8) is 0 Å². The van der Waals surface area contributed by atoms with Crippen molar-refractivity contribution in [1.82, 2.24) is 0 Å². The Kier molecular flexibility index (Phi) is 21.5. The predicted octanol–water partition coefficient (Wildman–Crippen LogP) is 24.1. The van der Waals surface area contributed by atoms with Crippen LogP contribution < -0.4 is 0 Å². The van der Waals surface area contributed by atoms with Crippen molar-refractivity contribution in [3.05, 3.63) is 188 Å². The highest BCUT2D eigenvalue weighted by molar-refractivity contribution is 5.99. The Morgan fingerprint density at radius 3 is 1.02 bits per heavy atom. The Morgan fingerprint density at radius 1 is 0.405 bits per heavy atom. The van der Waals surface area contributed by atoms with Crippen LogP contribution in [0, 0.1) is 132 Å². The van der Waals surface area contributed by atoms with Crippen LogP contribution >= 0.6 is 0 Å². The van der Waals surface area contributed by atoms with Gasteiger partial charge in [0.2, 0.25) is 0 Å². The number of Topliss-reactive ketones (excluding diaryl/α,β-unsaturated/α-hetero) is 1. The van der Waals surface area contributed by atoms with Gasteiger partial charge in [-0.3, -0.25) is 14.4 Å². The van der Waals surface area contributed by atoms with Crippen LogP contribution in [0.15, 0.2) is 188 Å². The molecule has 0 aromatic carbocycles. The average Bonchev–Trinajstić information content (AvgIpc) is 1.52. The molecule has 23 aliphatic rings. The number of terminal acetylenes is 1. The molecule has 8 fully saturated rings.